The second-order valence-corrected chi connectivity index (χ2v) is 6.81. The fourth-order valence-corrected chi connectivity index (χ4v) is 3.38. The largest absolute Gasteiger partial charge is 0.459 e. The van der Waals surface area contributed by atoms with Crippen molar-refractivity contribution in [3.05, 3.63) is 70.0 Å². The van der Waals surface area contributed by atoms with Gasteiger partial charge in [0.2, 0.25) is 0 Å². The molecule has 0 radical (unpaired) electrons. The molecule has 0 aliphatic carbocycles. The number of rotatable bonds is 4. The Balaban J connectivity index is 1.76. The molecule has 6 heteroatoms. The molecule has 0 aliphatic heterocycles. The number of anilines is 2. The normalized spacial score (nSPS) is 10.5. The molecule has 2 heterocycles. The van der Waals surface area contributed by atoms with Crippen molar-refractivity contribution >= 4 is 33.8 Å². The van der Waals surface area contributed by atoms with Crippen LogP contribution in [0.15, 0.2) is 47.1 Å². The van der Waals surface area contributed by atoms with Crippen LogP contribution in [0, 0.1) is 20.8 Å². The summed E-state index contributed by atoms with van der Waals surface area (Å²) in [5.41, 5.74) is 3.75. The van der Waals surface area contributed by atoms with Gasteiger partial charge in [0.05, 0.1) is 16.1 Å². The first-order valence-corrected chi connectivity index (χ1v) is 8.60. The summed E-state index contributed by atoms with van der Waals surface area (Å²) < 4.78 is 5.07. The summed E-state index contributed by atoms with van der Waals surface area (Å²) in [6, 6.07) is 10.8. The molecular formula is C19H18N2O3S. The van der Waals surface area contributed by atoms with Gasteiger partial charge in [-0.3, -0.25) is 9.59 Å². The number of carbonyl (C=O) groups excluding carboxylic acids is 2. The van der Waals surface area contributed by atoms with Gasteiger partial charge in [0.25, 0.3) is 11.8 Å². The zero-order chi connectivity index (χ0) is 18.0. The lowest BCUT2D eigenvalue weighted by molar-refractivity contribution is 0.0995. The predicted octanol–water partition coefficient (Wildman–Crippen LogP) is 4.77. The third kappa shape index (κ3) is 3.64. The third-order valence-corrected chi connectivity index (χ3v) is 5.11. The lowest BCUT2D eigenvalue weighted by Crippen LogP contribution is -2.12. The quantitative estimate of drug-likeness (QED) is 0.709. The molecule has 3 aromatic rings. The highest BCUT2D eigenvalue weighted by molar-refractivity contribution is 7.18. The minimum Gasteiger partial charge on any atom is -0.459 e. The Kier molecular flexibility index (Phi) is 4.72. The fourth-order valence-electron chi connectivity index (χ4n) is 2.42. The highest BCUT2D eigenvalue weighted by Gasteiger charge is 2.17. The molecule has 0 atom stereocenters. The van der Waals surface area contributed by atoms with Crippen molar-refractivity contribution in [1.29, 1.82) is 0 Å². The van der Waals surface area contributed by atoms with Gasteiger partial charge in [0.1, 0.15) is 0 Å². The Hall–Kier alpha value is -2.86. The van der Waals surface area contributed by atoms with Gasteiger partial charge >= 0.3 is 0 Å². The van der Waals surface area contributed by atoms with E-state index < -0.39 is 0 Å². The van der Waals surface area contributed by atoms with Crippen LogP contribution in [0.25, 0.3) is 0 Å². The molecule has 0 saturated carbocycles. The Morgan fingerprint density at radius 1 is 0.960 bits per heavy atom. The summed E-state index contributed by atoms with van der Waals surface area (Å²) in [6.45, 7) is 5.82. The summed E-state index contributed by atoms with van der Waals surface area (Å²) in [4.78, 5) is 25.2. The first kappa shape index (κ1) is 17.0. The standard InChI is InChI=1S/C19H18N2O3S/c1-11-6-4-7-14(13(11)3)20-19(23)17-12(2)10-16(25-17)21-18(22)15-8-5-9-24-15/h4-10H,1-3H3,(H,20,23)(H,21,22). The average molecular weight is 354 g/mol. The molecule has 0 fully saturated rings. The predicted molar refractivity (Wildman–Crippen MR) is 99.6 cm³/mol. The number of nitrogens with one attached hydrogen (secondary N) is 2. The van der Waals surface area contributed by atoms with Crippen LogP contribution in [-0.4, -0.2) is 11.8 Å². The van der Waals surface area contributed by atoms with Gasteiger partial charge in [-0.2, -0.15) is 0 Å². The zero-order valence-corrected chi connectivity index (χ0v) is 15.0. The smallest absolute Gasteiger partial charge is 0.291 e. The molecule has 0 spiro atoms. The summed E-state index contributed by atoms with van der Waals surface area (Å²) in [5, 5.41) is 6.30. The van der Waals surface area contributed by atoms with E-state index in [2.05, 4.69) is 10.6 Å². The van der Waals surface area contributed by atoms with Crippen LogP contribution >= 0.6 is 11.3 Å². The zero-order valence-electron chi connectivity index (χ0n) is 14.2. The van der Waals surface area contributed by atoms with Crippen molar-refractivity contribution in [2.45, 2.75) is 20.8 Å². The number of hydrogen-bond donors (Lipinski definition) is 2. The molecule has 2 aromatic heterocycles. The number of aryl methyl sites for hydroxylation is 2. The van der Waals surface area contributed by atoms with Crippen molar-refractivity contribution in [1.82, 2.24) is 0 Å². The van der Waals surface area contributed by atoms with Crippen LogP contribution in [0.3, 0.4) is 0 Å². The van der Waals surface area contributed by atoms with E-state index in [1.165, 1.54) is 17.6 Å². The van der Waals surface area contributed by atoms with E-state index in [1.807, 2.05) is 39.0 Å². The Morgan fingerprint density at radius 3 is 2.48 bits per heavy atom. The van der Waals surface area contributed by atoms with Crippen molar-refractivity contribution < 1.29 is 14.0 Å². The van der Waals surface area contributed by atoms with Crippen LogP contribution in [0.5, 0.6) is 0 Å². The number of thiophene rings is 1. The minimum atomic E-state index is -0.340. The minimum absolute atomic E-state index is 0.185. The van der Waals surface area contributed by atoms with E-state index in [-0.39, 0.29) is 17.6 Å². The lowest BCUT2D eigenvalue weighted by atomic mass is 10.1. The Morgan fingerprint density at radius 2 is 1.76 bits per heavy atom. The summed E-state index contributed by atoms with van der Waals surface area (Å²) in [6.07, 6.45) is 1.44. The lowest BCUT2D eigenvalue weighted by Gasteiger charge is -2.09. The summed E-state index contributed by atoms with van der Waals surface area (Å²) in [7, 11) is 0. The van der Waals surface area contributed by atoms with Crippen LogP contribution in [0.1, 0.15) is 36.9 Å². The third-order valence-electron chi connectivity index (χ3n) is 3.96. The number of furan rings is 1. The molecule has 3 rings (SSSR count). The number of benzene rings is 1. The van der Waals surface area contributed by atoms with Gasteiger partial charge in [0.15, 0.2) is 5.76 Å². The van der Waals surface area contributed by atoms with Crippen molar-refractivity contribution in [2.24, 2.45) is 0 Å². The van der Waals surface area contributed by atoms with Crippen LogP contribution in [-0.2, 0) is 0 Å². The first-order chi connectivity index (χ1) is 12.0. The SMILES string of the molecule is Cc1cc(NC(=O)c2ccco2)sc1C(=O)Nc1cccc(C)c1C. The monoisotopic (exact) mass is 354 g/mol. The van der Waals surface area contributed by atoms with Crippen molar-refractivity contribution in [3.63, 3.8) is 0 Å². The van der Waals surface area contributed by atoms with Crippen molar-refractivity contribution in [2.75, 3.05) is 10.6 Å². The van der Waals surface area contributed by atoms with E-state index in [9.17, 15) is 9.59 Å². The molecule has 2 amide bonds. The van der Waals surface area contributed by atoms with Crippen LogP contribution in [0.4, 0.5) is 10.7 Å². The van der Waals surface area contributed by atoms with Gasteiger partial charge in [-0.05, 0) is 61.7 Å². The van der Waals surface area contributed by atoms with Crippen LogP contribution in [0.2, 0.25) is 0 Å². The summed E-state index contributed by atoms with van der Waals surface area (Å²) in [5.74, 6) is -0.296. The highest BCUT2D eigenvalue weighted by atomic mass is 32.1. The van der Waals surface area contributed by atoms with Crippen LogP contribution < -0.4 is 10.6 Å². The molecule has 5 nitrogen and oxygen atoms in total. The molecule has 0 aliphatic rings. The topological polar surface area (TPSA) is 71.3 Å². The highest BCUT2D eigenvalue weighted by Crippen LogP contribution is 2.28. The van der Waals surface area contributed by atoms with E-state index in [4.69, 9.17) is 4.42 Å². The molecule has 25 heavy (non-hydrogen) atoms. The molecule has 1 aromatic carbocycles. The first-order valence-electron chi connectivity index (χ1n) is 7.78. The van der Waals surface area contributed by atoms with Gasteiger partial charge in [-0.15, -0.1) is 11.3 Å². The second kappa shape index (κ2) is 6.94. The maximum atomic E-state index is 12.6. The Labute approximate surface area is 149 Å². The van der Waals surface area contributed by atoms with Crippen molar-refractivity contribution in [3.8, 4) is 0 Å². The number of amides is 2. The van der Waals surface area contributed by atoms with Gasteiger partial charge in [-0.25, -0.2) is 0 Å². The maximum absolute atomic E-state index is 12.6. The molecule has 0 saturated heterocycles. The Bertz CT molecular complexity index is 926. The average Bonchev–Trinajstić information content (AvgIpc) is 3.21. The van der Waals surface area contributed by atoms with E-state index >= 15 is 0 Å². The molecule has 128 valence electrons. The summed E-state index contributed by atoms with van der Waals surface area (Å²) >= 11 is 1.24. The molecular weight excluding hydrogens is 336 g/mol. The van der Waals surface area contributed by atoms with Gasteiger partial charge < -0.3 is 15.1 Å². The number of carbonyl (C=O) groups is 2. The molecule has 0 bridgehead atoms. The molecule has 2 N–H and O–H groups in total. The fraction of sp³-hybridized carbons (Fsp3) is 0.158. The van der Waals surface area contributed by atoms with E-state index in [0.29, 0.717) is 9.88 Å². The van der Waals surface area contributed by atoms with E-state index in [1.54, 1.807) is 18.2 Å². The molecule has 0 unspecified atom stereocenters. The maximum Gasteiger partial charge on any atom is 0.291 e. The second-order valence-electron chi connectivity index (χ2n) is 5.76. The van der Waals surface area contributed by atoms with Gasteiger partial charge in [0, 0.05) is 5.69 Å². The van der Waals surface area contributed by atoms with E-state index in [0.717, 1.165) is 22.4 Å². The number of hydrogen-bond acceptors (Lipinski definition) is 4. The van der Waals surface area contributed by atoms with Gasteiger partial charge in [-0.1, -0.05) is 12.1 Å².